The van der Waals surface area contributed by atoms with E-state index >= 15 is 0 Å². The molecule has 1 rings (SSSR count). The molecule has 60 valence electrons. The predicted molar refractivity (Wildman–Crippen MR) is 49.6 cm³/mol. The summed E-state index contributed by atoms with van der Waals surface area (Å²) >= 11 is 2.19. The molecule has 0 nitrogen and oxygen atoms in total. The molecule has 10 heavy (non-hydrogen) atoms. The molecule has 1 unspecified atom stereocenters. The molecule has 0 N–H and O–H groups in total. The zero-order valence-corrected chi connectivity index (χ0v) is 7.97. The molecule has 1 aliphatic rings. The second kappa shape index (κ2) is 3.66. The monoisotopic (exact) mass is 158 g/mol. The van der Waals surface area contributed by atoms with Gasteiger partial charge in [0.1, 0.15) is 0 Å². The summed E-state index contributed by atoms with van der Waals surface area (Å²) in [6, 6.07) is 0. The van der Waals surface area contributed by atoms with Gasteiger partial charge in [0.15, 0.2) is 0 Å². The van der Waals surface area contributed by atoms with Crippen molar-refractivity contribution in [1.82, 2.24) is 0 Å². The molecule has 0 saturated carbocycles. The zero-order valence-electron chi connectivity index (χ0n) is 7.15. The molecular formula is C9H18S. The van der Waals surface area contributed by atoms with Gasteiger partial charge in [0.05, 0.1) is 0 Å². The van der Waals surface area contributed by atoms with E-state index in [0.29, 0.717) is 0 Å². The Morgan fingerprint density at radius 1 is 1.40 bits per heavy atom. The second-order valence-electron chi connectivity index (χ2n) is 3.24. The summed E-state index contributed by atoms with van der Waals surface area (Å²) in [5.41, 5.74) is 0. The van der Waals surface area contributed by atoms with Gasteiger partial charge in [-0.1, -0.05) is 26.7 Å². The van der Waals surface area contributed by atoms with E-state index in [0.717, 1.165) is 4.75 Å². The fraction of sp³-hybridized carbons (Fsp3) is 1.00. The molecule has 1 aliphatic heterocycles. The molecule has 0 aromatic carbocycles. The van der Waals surface area contributed by atoms with Crippen LogP contribution in [0.25, 0.3) is 0 Å². The lowest BCUT2D eigenvalue weighted by Gasteiger charge is -2.40. The van der Waals surface area contributed by atoms with Crippen molar-refractivity contribution in [2.45, 2.75) is 50.7 Å². The first-order valence-electron chi connectivity index (χ1n) is 4.47. The fourth-order valence-electron chi connectivity index (χ4n) is 1.54. The van der Waals surface area contributed by atoms with Gasteiger partial charge in [0.2, 0.25) is 0 Å². The Morgan fingerprint density at radius 2 is 2.10 bits per heavy atom. The molecule has 0 aromatic heterocycles. The van der Waals surface area contributed by atoms with Crippen molar-refractivity contribution < 1.29 is 0 Å². The standard InChI is InChI=1S/C9H18S/c1-3-5-6-9(4-2)7-8-10-9/h3-8H2,1-2H3. The van der Waals surface area contributed by atoms with E-state index in [-0.39, 0.29) is 0 Å². The maximum Gasteiger partial charge on any atom is 0.0165 e. The lowest BCUT2D eigenvalue weighted by Crippen LogP contribution is -2.33. The Labute approximate surface area is 68.8 Å². The summed E-state index contributed by atoms with van der Waals surface area (Å²) in [6.45, 7) is 4.62. The highest BCUT2D eigenvalue weighted by atomic mass is 32.2. The maximum atomic E-state index is 2.34. The van der Waals surface area contributed by atoms with Crippen LogP contribution in [0, 0.1) is 0 Å². The van der Waals surface area contributed by atoms with Gasteiger partial charge < -0.3 is 0 Å². The van der Waals surface area contributed by atoms with Crippen LogP contribution in [0.5, 0.6) is 0 Å². The van der Waals surface area contributed by atoms with Crippen LogP contribution in [0.1, 0.15) is 46.0 Å². The Balaban J connectivity index is 2.20. The summed E-state index contributed by atoms with van der Waals surface area (Å²) < 4.78 is 0.732. The fourth-order valence-corrected chi connectivity index (χ4v) is 2.82. The highest BCUT2D eigenvalue weighted by Gasteiger charge is 2.34. The van der Waals surface area contributed by atoms with E-state index < -0.39 is 0 Å². The van der Waals surface area contributed by atoms with E-state index in [2.05, 4.69) is 25.6 Å². The summed E-state index contributed by atoms with van der Waals surface area (Å²) in [4.78, 5) is 0. The first kappa shape index (κ1) is 8.45. The normalized spacial score (nSPS) is 31.8. The third-order valence-corrected chi connectivity index (χ3v) is 4.31. The lowest BCUT2D eigenvalue weighted by atomic mass is 9.94. The summed E-state index contributed by atoms with van der Waals surface area (Å²) in [5.74, 6) is 1.41. The number of thioether (sulfide) groups is 1. The summed E-state index contributed by atoms with van der Waals surface area (Å²) in [7, 11) is 0. The van der Waals surface area contributed by atoms with Gasteiger partial charge in [-0.25, -0.2) is 0 Å². The van der Waals surface area contributed by atoms with Gasteiger partial charge in [-0.05, 0) is 25.0 Å². The SMILES string of the molecule is CCCCC1(CC)CCS1. The quantitative estimate of drug-likeness (QED) is 0.604. The highest BCUT2D eigenvalue weighted by molar-refractivity contribution is 8.02. The van der Waals surface area contributed by atoms with Gasteiger partial charge in [-0.3, -0.25) is 0 Å². The number of hydrogen-bond donors (Lipinski definition) is 0. The molecule has 1 heterocycles. The molecule has 0 radical (unpaired) electrons. The second-order valence-corrected chi connectivity index (χ2v) is 4.80. The molecule has 0 spiro atoms. The molecule has 0 aliphatic carbocycles. The van der Waals surface area contributed by atoms with E-state index in [1.165, 1.54) is 37.9 Å². The minimum absolute atomic E-state index is 0.732. The van der Waals surface area contributed by atoms with Crippen molar-refractivity contribution in [2.75, 3.05) is 5.75 Å². The van der Waals surface area contributed by atoms with Crippen LogP contribution in [0.4, 0.5) is 0 Å². The largest absolute Gasteiger partial charge is 0.155 e. The van der Waals surface area contributed by atoms with E-state index in [1.807, 2.05) is 0 Å². The Bertz CT molecular complexity index is 89.4. The molecule has 1 atom stereocenters. The lowest BCUT2D eigenvalue weighted by molar-refractivity contribution is 0.463. The van der Waals surface area contributed by atoms with Gasteiger partial charge in [-0.15, -0.1) is 0 Å². The molecule has 0 aromatic rings. The van der Waals surface area contributed by atoms with Crippen molar-refractivity contribution >= 4 is 11.8 Å². The smallest absolute Gasteiger partial charge is 0.0165 e. The summed E-state index contributed by atoms with van der Waals surface area (Å²) in [6.07, 6.45) is 7.12. The van der Waals surface area contributed by atoms with Crippen molar-refractivity contribution in [3.8, 4) is 0 Å². The minimum Gasteiger partial charge on any atom is -0.155 e. The zero-order chi connectivity index (χ0) is 7.45. The Hall–Kier alpha value is 0.350. The number of unbranched alkanes of at least 4 members (excludes halogenated alkanes) is 1. The van der Waals surface area contributed by atoms with Crippen LogP contribution in [0.2, 0.25) is 0 Å². The van der Waals surface area contributed by atoms with Crippen LogP contribution < -0.4 is 0 Å². The van der Waals surface area contributed by atoms with Gasteiger partial charge >= 0.3 is 0 Å². The van der Waals surface area contributed by atoms with Crippen molar-refractivity contribution in [3.05, 3.63) is 0 Å². The number of hydrogen-bond acceptors (Lipinski definition) is 1. The topological polar surface area (TPSA) is 0 Å². The third kappa shape index (κ3) is 1.69. The molecule has 0 bridgehead atoms. The average molecular weight is 158 g/mol. The van der Waals surface area contributed by atoms with E-state index in [9.17, 15) is 0 Å². The first-order valence-corrected chi connectivity index (χ1v) is 5.45. The van der Waals surface area contributed by atoms with Gasteiger partial charge in [-0.2, -0.15) is 11.8 Å². The highest BCUT2D eigenvalue weighted by Crippen LogP contribution is 2.46. The third-order valence-electron chi connectivity index (χ3n) is 2.60. The molecular weight excluding hydrogens is 140 g/mol. The van der Waals surface area contributed by atoms with Crippen LogP contribution in [-0.2, 0) is 0 Å². The van der Waals surface area contributed by atoms with Crippen LogP contribution in [-0.4, -0.2) is 10.5 Å². The van der Waals surface area contributed by atoms with Gasteiger partial charge in [0, 0.05) is 4.75 Å². The maximum absolute atomic E-state index is 2.34. The average Bonchev–Trinajstić information content (AvgIpc) is 1.87. The van der Waals surface area contributed by atoms with Crippen molar-refractivity contribution in [3.63, 3.8) is 0 Å². The molecule has 1 saturated heterocycles. The first-order chi connectivity index (χ1) is 4.83. The molecule has 1 fully saturated rings. The van der Waals surface area contributed by atoms with Crippen LogP contribution in [0.3, 0.4) is 0 Å². The molecule has 0 amide bonds. The summed E-state index contributed by atoms with van der Waals surface area (Å²) in [5, 5.41) is 0. The minimum atomic E-state index is 0.732. The van der Waals surface area contributed by atoms with Crippen molar-refractivity contribution in [2.24, 2.45) is 0 Å². The van der Waals surface area contributed by atoms with Crippen LogP contribution >= 0.6 is 11.8 Å². The van der Waals surface area contributed by atoms with E-state index in [1.54, 1.807) is 0 Å². The van der Waals surface area contributed by atoms with Gasteiger partial charge in [0.25, 0.3) is 0 Å². The Morgan fingerprint density at radius 3 is 2.40 bits per heavy atom. The molecule has 1 heteroatoms. The predicted octanol–water partition coefficient (Wildman–Crippen LogP) is 3.46. The van der Waals surface area contributed by atoms with Crippen molar-refractivity contribution in [1.29, 1.82) is 0 Å². The number of rotatable bonds is 4. The van der Waals surface area contributed by atoms with Crippen LogP contribution in [0.15, 0.2) is 0 Å². The van der Waals surface area contributed by atoms with E-state index in [4.69, 9.17) is 0 Å². The Kier molecular flexibility index (Phi) is 3.09.